The van der Waals surface area contributed by atoms with Crippen molar-refractivity contribution in [3.05, 3.63) is 0 Å². The highest BCUT2D eigenvalue weighted by molar-refractivity contribution is 4.78. The van der Waals surface area contributed by atoms with Gasteiger partial charge in [-0.1, -0.05) is 68.7 Å². The maximum Gasteiger partial charge on any atom is -0.0321 e. The molecule has 0 heterocycles. The molecule has 0 amide bonds. The van der Waals surface area contributed by atoms with Gasteiger partial charge in [0.05, 0.1) is 0 Å². The Morgan fingerprint density at radius 1 is 0.882 bits per heavy atom. The van der Waals surface area contributed by atoms with Gasteiger partial charge in [-0.15, -0.1) is 0 Å². The van der Waals surface area contributed by atoms with E-state index in [9.17, 15) is 0 Å². The molecular weight excluding hydrogens is 204 g/mol. The van der Waals surface area contributed by atoms with Crippen molar-refractivity contribution in [1.29, 1.82) is 0 Å². The Hall–Kier alpha value is 0. The van der Waals surface area contributed by atoms with Crippen LogP contribution in [0.25, 0.3) is 0 Å². The monoisotopic (exact) mass is 242 g/mol. The normalized spacial score (nSPS) is 16.4. The molecule has 0 rings (SSSR count). The summed E-state index contributed by atoms with van der Waals surface area (Å²) in [4.78, 5) is 0. The number of hydrogen-bond donors (Lipinski definition) is 0. The summed E-state index contributed by atoms with van der Waals surface area (Å²) in [7, 11) is 0. The van der Waals surface area contributed by atoms with Crippen LogP contribution in [0, 0.1) is 23.2 Å². The Balaban J connectivity index is 0. The molecule has 0 aliphatic carbocycles. The average molecular weight is 242 g/mol. The van der Waals surface area contributed by atoms with Crippen LogP contribution < -0.4 is 0 Å². The van der Waals surface area contributed by atoms with Crippen LogP contribution in [0.1, 0.15) is 88.0 Å². The predicted octanol–water partition coefficient (Wildman–Crippen LogP) is 6.55. The van der Waals surface area contributed by atoms with Crippen LogP contribution >= 0.6 is 0 Å². The number of hydrogen-bond acceptors (Lipinski definition) is 0. The summed E-state index contributed by atoms with van der Waals surface area (Å²) in [5.74, 6) is 2.52. The topological polar surface area (TPSA) is 0 Å². The van der Waals surface area contributed by atoms with E-state index < -0.39 is 0 Å². The minimum atomic E-state index is 0.576. The van der Waals surface area contributed by atoms with Crippen molar-refractivity contribution in [2.75, 3.05) is 0 Å². The first-order valence-electron chi connectivity index (χ1n) is 7.80. The maximum absolute atomic E-state index is 2.50. The molecular formula is C17H38. The van der Waals surface area contributed by atoms with Crippen LogP contribution in [0.15, 0.2) is 0 Å². The summed E-state index contributed by atoms with van der Waals surface area (Å²) < 4.78 is 0. The zero-order valence-corrected chi connectivity index (χ0v) is 14.1. The molecule has 0 N–H and O–H groups in total. The van der Waals surface area contributed by atoms with Gasteiger partial charge in [-0.2, -0.15) is 0 Å². The molecule has 0 aromatic heterocycles. The third-order valence-electron chi connectivity index (χ3n) is 3.71. The van der Waals surface area contributed by atoms with Crippen molar-refractivity contribution in [2.45, 2.75) is 88.0 Å². The van der Waals surface area contributed by atoms with Gasteiger partial charge >= 0.3 is 0 Å². The van der Waals surface area contributed by atoms with E-state index in [1.165, 1.54) is 25.7 Å². The molecule has 0 aliphatic rings. The second-order valence-corrected chi connectivity index (χ2v) is 6.58. The molecule has 0 bridgehead atoms. The van der Waals surface area contributed by atoms with Gasteiger partial charge in [0, 0.05) is 0 Å². The highest BCUT2D eigenvalue weighted by atomic mass is 14.3. The quantitative estimate of drug-likeness (QED) is 0.475. The highest BCUT2D eigenvalue weighted by Crippen LogP contribution is 2.39. The van der Waals surface area contributed by atoms with Gasteiger partial charge in [-0.3, -0.25) is 0 Å². The molecule has 17 heavy (non-hydrogen) atoms. The summed E-state index contributed by atoms with van der Waals surface area (Å²) in [6, 6.07) is 0. The molecule has 106 valence electrons. The van der Waals surface area contributed by atoms with E-state index in [2.05, 4.69) is 48.5 Å². The van der Waals surface area contributed by atoms with Crippen LogP contribution in [-0.4, -0.2) is 0 Å². The summed E-state index contributed by atoms with van der Waals surface area (Å²) >= 11 is 0. The van der Waals surface area contributed by atoms with E-state index in [4.69, 9.17) is 0 Å². The summed E-state index contributed by atoms with van der Waals surface area (Å²) in [6.07, 6.45) is 5.50. The largest absolute Gasteiger partial charge is 0.0683 e. The van der Waals surface area contributed by atoms with Gasteiger partial charge in [0.2, 0.25) is 0 Å². The average Bonchev–Trinajstić information content (AvgIpc) is 2.19. The SMILES string of the molecule is CC.CCCC(C)(CC(C)C)CC(C)C(C)C. The molecule has 0 aromatic rings. The highest BCUT2D eigenvalue weighted by Gasteiger charge is 2.27. The van der Waals surface area contributed by atoms with E-state index in [-0.39, 0.29) is 0 Å². The van der Waals surface area contributed by atoms with Crippen molar-refractivity contribution in [1.82, 2.24) is 0 Å². The molecule has 2 unspecified atom stereocenters. The Morgan fingerprint density at radius 3 is 1.65 bits per heavy atom. The lowest BCUT2D eigenvalue weighted by Crippen LogP contribution is -2.23. The molecule has 0 saturated heterocycles. The fraction of sp³-hybridized carbons (Fsp3) is 1.00. The maximum atomic E-state index is 2.50. The van der Waals surface area contributed by atoms with Gasteiger partial charge in [0.1, 0.15) is 0 Å². The molecule has 0 nitrogen and oxygen atoms in total. The van der Waals surface area contributed by atoms with E-state index in [1.54, 1.807) is 0 Å². The molecule has 0 radical (unpaired) electrons. The first kappa shape index (κ1) is 19.3. The van der Waals surface area contributed by atoms with Gasteiger partial charge in [-0.05, 0) is 42.4 Å². The summed E-state index contributed by atoms with van der Waals surface area (Å²) in [5.41, 5.74) is 0.576. The smallest absolute Gasteiger partial charge is 0.0321 e. The van der Waals surface area contributed by atoms with Crippen molar-refractivity contribution in [2.24, 2.45) is 23.2 Å². The lowest BCUT2D eigenvalue weighted by molar-refractivity contribution is 0.163. The van der Waals surface area contributed by atoms with Gasteiger partial charge in [0.25, 0.3) is 0 Å². The number of rotatable bonds is 7. The Bertz CT molecular complexity index is 157. The molecule has 0 spiro atoms. The van der Waals surface area contributed by atoms with Gasteiger partial charge in [-0.25, -0.2) is 0 Å². The minimum Gasteiger partial charge on any atom is -0.0683 e. The van der Waals surface area contributed by atoms with Crippen molar-refractivity contribution < 1.29 is 0 Å². The fourth-order valence-corrected chi connectivity index (χ4v) is 2.89. The Kier molecular flexibility index (Phi) is 11.3. The van der Waals surface area contributed by atoms with Gasteiger partial charge in [0.15, 0.2) is 0 Å². The van der Waals surface area contributed by atoms with Crippen LogP contribution in [-0.2, 0) is 0 Å². The van der Waals surface area contributed by atoms with Crippen LogP contribution in [0.2, 0.25) is 0 Å². The van der Waals surface area contributed by atoms with Crippen molar-refractivity contribution in [3.63, 3.8) is 0 Å². The van der Waals surface area contributed by atoms with E-state index >= 15 is 0 Å². The van der Waals surface area contributed by atoms with Gasteiger partial charge < -0.3 is 0 Å². The van der Waals surface area contributed by atoms with E-state index in [1.807, 2.05) is 13.8 Å². The third kappa shape index (κ3) is 9.68. The fourth-order valence-electron chi connectivity index (χ4n) is 2.89. The first-order chi connectivity index (χ1) is 7.80. The lowest BCUT2D eigenvalue weighted by Gasteiger charge is -2.35. The summed E-state index contributed by atoms with van der Waals surface area (Å²) in [5, 5.41) is 0. The molecule has 0 aromatic carbocycles. The van der Waals surface area contributed by atoms with Crippen LogP contribution in [0.5, 0.6) is 0 Å². The second-order valence-electron chi connectivity index (χ2n) is 6.58. The molecule has 0 heteroatoms. The Labute approximate surface area is 112 Å². The van der Waals surface area contributed by atoms with E-state index in [0.29, 0.717) is 5.41 Å². The van der Waals surface area contributed by atoms with Crippen molar-refractivity contribution in [3.8, 4) is 0 Å². The molecule has 0 fully saturated rings. The lowest BCUT2D eigenvalue weighted by atomic mass is 9.71. The third-order valence-corrected chi connectivity index (χ3v) is 3.71. The molecule has 2 atom stereocenters. The summed E-state index contributed by atoms with van der Waals surface area (Å²) in [6.45, 7) is 20.6. The zero-order chi connectivity index (χ0) is 14.1. The van der Waals surface area contributed by atoms with Crippen LogP contribution in [0.3, 0.4) is 0 Å². The molecule has 0 saturated carbocycles. The second kappa shape index (κ2) is 9.97. The van der Waals surface area contributed by atoms with E-state index in [0.717, 1.165) is 17.8 Å². The van der Waals surface area contributed by atoms with Crippen LogP contribution in [0.4, 0.5) is 0 Å². The zero-order valence-electron chi connectivity index (χ0n) is 14.1. The Morgan fingerprint density at radius 2 is 1.35 bits per heavy atom. The van der Waals surface area contributed by atoms with Crippen molar-refractivity contribution >= 4 is 0 Å². The molecule has 0 aliphatic heterocycles. The standard InChI is InChI=1S/C15H32.C2H6/c1-8-9-15(7,10-12(2)3)11-14(6)13(4)5;1-2/h12-14H,8-11H2,1-7H3;1-2H3. The first-order valence-corrected chi connectivity index (χ1v) is 7.80. The predicted molar refractivity (Wildman–Crippen MR) is 82.4 cm³/mol. The minimum absolute atomic E-state index is 0.576.